The van der Waals surface area contributed by atoms with E-state index >= 15 is 0 Å². The SMILES string of the molecule is CCCCc1cn(C2CC2CCC)c(=O)n1Cc1cnccc1-c1ccccc1-c1nn[nH]n1. The number of aromatic nitrogens is 7. The van der Waals surface area contributed by atoms with Crippen LogP contribution in [0.4, 0.5) is 0 Å². The minimum Gasteiger partial charge on any atom is -0.296 e. The topological polar surface area (TPSA) is 94.3 Å². The number of unbranched alkanes of at least 4 members (excludes halogenated alkanes) is 1. The molecule has 1 aliphatic rings. The molecule has 2 atom stereocenters. The first-order valence-electron chi connectivity index (χ1n) is 12.3. The smallest absolute Gasteiger partial charge is 0.296 e. The fourth-order valence-corrected chi connectivity index (χ4v) is 4.94. The van der Waals surface area contributed by atoms with Gasteiger partial charge in [0.1, 0.15) is 0 Å². The van der Waals surface area contributed by atoms with E-state index < -0.39 is 0 Å². The van der Waals surface area contributed by atoms with Gasteiger partial charge in [0.15, 0.2) is 0 Å². The van der Waals surface area contributed by atoms with Gasteiger partial charge >= 0.3 is 5.69 Å². The number of aromatic amines is 1. The molecule has 0 radical (unpaired) electrons. The summed E-state index contributed by atoms with van der Waals surface area (Å²) in [5, 5.41) is 14.6. The van der Waals surface area contributed by atoms with E-state index in [2.05, 4.69) is 51.7 Å². The molecule has 1 fully saturated rings. The van der Waals surface area contributed by atoms with Crippen molar-refractivity contribution in [3.8, 4) is 22.5 Å². The number of imidazole rings is 1. The highest BCUT2D eigenvalue weighted by atomic mass is 16.1. The zero-order valence-corrected chi connectivity index (χ0v) is 19.8. The van der Waals surface area contributed by atoms with Gasteiger partial charge in [0.25, 0.3) is 0 Å². The van der Waals surface area contributed by atoms with Crippen molar-refractivity contribution in [1.29, 1.82) is 0 Å². The van der Waals surface area contributed by atoms with Crippen LogP contribution in [0.5, 0.6) is 0 Å². The third-order valence-electron chi connectivity index (χ3n) is 6.81. The lowest BCUT2D eigenvalue weighted by Gasteiger charge is -2.13. The number of rotatable bonds is 10. The number of H-pyrrole nitrogens is 1. The number of benzene rings is 1. The maximum absolute atomic E-state index is 13.6. The highest BCUT2D eigenvalue weighted by molar-refractivity contribution is 5.81. The van der Waals surface area contributed by atoms with Crippen LogP contribution >= 0.6 is 0 Å². The summed E-state index contributed by atoms with van der Waals surface area (Å²) in [5.41, 5.74) is 5.10. The van der Waals surface area contributed by atoms with Crippen molar-refractivity contribution in [2.24, 2.45) is 5.92 Å². The van der Waals surface area contributed by atoms with Gasteiger partial charge in [0, 0.05) is 35.9 Å². The molecule has 34 heavy (non-hydrogen) atoms. The quantitative estimate of drug-likeness (QED) is 0.374. The third kappa shape index (κ3) is 4.32. The largest absolute Gasteiger partial charge is 0.328 e. The molecule has 0 amide bonds. The third-order valence-corrected chi connectivity index (χ3v) is 6.81. The molecule has 1 aromatic carbocycles. The zero-order chi connectivity index (χ0) is 23.5. The first kappa shape index (κ1) is 22.3. The van der Waals surface area contributed by atoms with E-state index in [1.54, 1.807) is 6.20 Å². The number of pyridine rings is 1. The molecule has 8 heteroatoms. The predicted octanol–water partition coefficient (Wildman–Crippen LogP) is 4.64. The molecule has 5 rings (SSSR count). The highest BCUT2D eigenvalue weighted by Crippen LogP contribution is 2.45. The van der Waals surface area contributed by atoms with Gasteiger partial charge in [0.2, 0.25) is 5.82 Å². The van der Waals surface area contributed by atoms with E-state index in [0.717, 1.165) is 60.1 Å². The van der Waals surface area contributed by atoms with Crippen molar-refractivity contribution >= 4 is 0 Å². The summed E-state index contributed by atoms with van der Waals surface area (Å²) < 4.78 is 3.95. The maximum Gasteiger partial charge on any atom is 0.328 e. The Kier molecular flexibility index (Phi) is 6.38. The second-order valence-corrected chi connectivity index (χ2v) is 9.17. The molecule has 3 aromatic heterocycles. The number of tetrazole rings is 1. The number of nitrogens with zero attached hydrogens (tertiary/aromatic N) is 6. The van der Waals surface area contributed by atoms with Crippen LogP contribution in [-0.2, 0) is 13.0 Å². The van der Waals surface area contributed by atoms with Crippen LogP contribution in [0, 0.1) is 5.92 Å². The Morgan fingerprint density at radius 2 is 1.94 bits per heavy atom. The normalized spacial score (nSPS) is 17.2. The van der Waals surface area contributed by atoms with Gasteiger partial charge in [-0.2, -0.15) is 5.21 Å². The van der Waals surface area contributed by atoms with Crippen molar-refractivity contribution in [2.75, 3.05) is 0 Å². The number of hydrogen-bond acceptors (Lipinski definition) is 5. The number of nitrogens with one attached hydrogen (secondary N) is 1. The molecule has 1 saturated carbocycles. The fraction of sp³-hybridized carbons (Fsp3) is 0.423. The molecule has 8 nitrogen and oxygen atoms in total. The van der Waals surface area contributed by atoms with Crippen LogP contribution in [-0.4, -0.2) is 34.7 Å². The lowest BCUT2D eigenvalue weighted by molar-refractivity contribution is 0.579. The summed E-state index contributed by atoms with van der Waals surface area (Å²) in [6, 6.07) is 10.4. The minimum absolute atomic E-state index is 0.0935. The molecule has 1 aliphatic carbocycles. The summed E-state index contributed by atoms with van der Waals surface area (Å²) in [7, 11) is 0. The maximum atomic E-state index is 13.6. The lowest BCUT2D eigenvalue weighted by Crippen LogP contribution is -2.25. The summed E-state index contributed by atoms with van der Waals surface area (Å²) in [4.78, 5) is 18.0. The van der Waals surface area contributed by atoms with E-state index in [-0.39, 0.29) is 5.69 Å². The molecule has 0 saturated heterocycles. The minimum atomic E-state index is 0.0935. The van der Waals surface area contributed by atoms with Crippen LogP contribution in [0.1, 0.15) is 63.3 Å². The first-order valence-corrected chi connectivity index (χ1v) is 12.3. The van der Waals surface area contributed by atoms with Crippen LogP contribution in [0.25, 0.3) is 22.5 Å². The molecule has 0 bridgehead atoms. The standard InChI is InChI=1S/C26H31N7O/c1-3-5-9-20-17-33(24-14-18(24)8-4-2)26(34)32(20)16-19-15-27-13-12-21(19)22-10-6-7-11-23(22)25-28-30-31-29-25/h6-7,10-13,15,17-18,24H,3-5,8-9,14,16H2,1-2H3,(H,28,29,30,31). The predicted molar refractivity (Wildman–Crippen MR) is 131 cm³/mol. The Balaban J connectivity index is 1.54. The summed E-state index contributed by atoms with van der Waals surface area (Å²) in [6.07, 6.45) is 12.3. The summed E-state index contributed by atoms with van der Waals surface area (Å²) >= 11 is 0. The Morgan fingerprint density at radius 1 is 1.09 bits per heavy atom. The van der Waals surface area contributed by atoms with Crippen LogP contribution in [0.15, 0.2) is 53.7 Å². The van der Waals surface area contributed by atoms with E-state index in [9.17, 15) is 4.79 Å². The van der Waals surface area contributed by atoms with Gasteiger partial charge < -0.3 is 0 Å². The number of hydrogen-bond donors (Lipinski definition) is 1. The van der Waals surface area contributed by atoms with Gasteiger partial charge in [-0.05, 0) is 59.6 Å². The molecule has 4 aromatic rings. The van der Waals surface area contributed by atoms with Crippen molar-refractivity contribution < 1.29 is 0 Å². The zero-order valence-electron chi connectivity index (χ0n) is 19.8. The molecular weight excluding hydrogens is 426 g/mol. The molecule has 1 N–H and O–H groups in total. The van der Waals surface area contributed by atoms with Crippen molar-refractivity contribution in [3.63, 3.8) is 0 Å². The molecule has 176 valence electrons. The van der Waals surface area contributed by atoms with Crippen LogP contribution < -0.4 is 5.69 Å². The first-order chi connectivity index (χ1) is 16.7. The van der Waals surface area contributed by atoms with E-state index in [0.29, 0.717) is 24.3 Å². The Morgan fingerprint density at radius 3 is 2.71 bits per heavy atom. The van der Waals surface area contributed by atoms with Gasteiger partial charge in [-0.15, -0.1) is 10.2 Å². The number of aryl methyl sites for hydroxylation is 1. The molecule has 0 aliphatic heterocycles. The lowest BCUT2D eigenvalue weighted by atomic mass is 9.96. The monoisotopic (exact) mass is 457 g/mol. The van der Waals surface area contributed by atoms with E-state index in [1.165, 1.54) is 6.42 Å². The van der Waals surface area contributed by atoms with Crippen LogP contribution in [0.2, 0.25) is 0 Å². The van der Waals surface area contributed by atoms with Crippen molar-refractivity contribution in [1.82, 2.24) is 34.7 Å². The summed E-state index contributed by atoms with van der Waals surface area (Å²) in [5.74, 6) is 1.18. The van der Waals surface area contributed by atoms with Gasteiger partial charge in [0.05, 0.1) is 6.54 Å². The average Bonchev–Trinajstić information content (AvgIpc) is 3.26. The van der Waals surface area contributed by atoms with E-state index in [1.807, 2.05) is 39.6 Å². The van der Waals surface area contributed by atoms with Crippen molar-refractivity contribution in [3.05, 3.63) is 70.7 Å². The Hall–Kier alpha value is -3.55. The summed E-state index contributed by atoms with van der Waals surface area (Å²) in [6.45, 7) is 4.89. The van der Waals surface area contributed by atoms with Crippen LogP contribution in [0.3, 0.4) is 0 Å². The van der Waals surface area contributed by atoms with Gasteiger partial charge in [-0.1, -0.05) is 51.0 Å². The molecule has 0 spiro atoms. The Bertz CT molecular complexity index is 1300. The second kappa shape index (κ2) is 9.75. The van der Waals surface area contributed by atoms with Gasteiger partial charge in [-0.3, -0.25) is 14.1 Å². The highest BCUT2D eigenvalue weighted by Gasteiger charge is 2.39. The van der Waals surface area contributed by atoms with E-state index in [4.69, 9.17) is 0 Å². The fourth-order valence-electron chi connectivity index (χ4n) is 4.94. The second-order valence-electron chi connectivity index (χ2n) is 9.17. The van der Waals surface area contributed by atoms with Crippen molar-refractivity contribution in [2.45, 2.75) is 65.0 Å². The molecule has 2 unspecified atom stereocenters. The molecular formula is C26H31N7O. The Labute approximate surface area is 199 Å². The average molecular weight is 458 g/mol. The molecule has 3 heterocycles. The van der Waals surface area contributed by atoms with Gasteiger partial charge in [-0.25, -0.2) is 4.79 Å².